The van der Waals surface area contributed by atoms with Crippen LogP contribution < -0.4 is 5.73 Å². The van der Waals surface area contributed by atoms with Crippen molar-refractivity contribution >= 4 is 5.84 Å². The first-order valence-electron chi connectivity index (χ1n) is 7.86. The molecule has 0 bridgehead atoms. The lowest BCUT2D eigenvalue weighted by Gasteiger charge is -2.27. The third-order valence-electron chi connectivity index (χ3n) is 4.48. The van der Waals surface area contributed by atoms with Crippen molar-refractivity contribution in [2.75, 3.05) is 13.6 Å². The number of aryl methyl sites for hydroxylation is 1. The number of hydrogen-bond acceptors (Lipinski definition) is 3. The van der Waals surface area contributed by atoms with Crippen LogP contribution in [-0.2, 0) is 6.54 Å². The summed E-state index contributed by atoms with van der Waals surface area (Å²) in [6.07, 6.45) is 6.96. The molecule has 0 saturated heterocycles. The lowest BCUT2D eigenvalue weighted by molar-refractivity contribution is 0.228. The fourth-order valence-electron chi connectivity index (χ4n) is 3.26. The molecule has 0 radical (unpaired) electrons. The Labute approximate surface area is 127 Å². The Balaban J connectivity index is 1.95. The molecule has 1 saturated carbocycles. The monoisotopic (exact) mass is 289 g/mol. The summed E-state index contributed by atoms with van der Waals surface area (Å²) in [4.78, 5) is 2.42. The van der Waals surface area contributed by atoms with E-state index < -0.39 is 0 Å². The number of amidine groups is 1. The molecule has 1 aromatic carbocycles. The van der Waals surface area contributed by atoms with Gasteiger partial charge in [0.2, 0.25) is 0 Å². The molecule has 0 aromatic heterocycles. The highest BCUT2D eigenvalue weighted by Gasteiger charge is 2.16. The summed E-state index contributed by atoms with van der Waals surface area (Å²) in [5.41, 5.74) is 8.90. The van der Waals surface area contributed by atoms with E-state index in [4.69, 9.17) is 10.9 Å². The average molecular weight is 289 g/mol. The highest BCUT2D eigenvalue weighted by molar-refractivity contribution is 5.97. The third-order valence-corrected chi connectivity index (χ3v) is 4.48. The number of nitrogens with two attached hydrogens (primary N) is 1. The van der Waals surface area contributed by atoms with Crippen molar-refractivity contribution in [3.63, 3.8) is 0 Å². The van der Waals surface area contributed by atoms with Crippen molar-refractivity contribution in [3.05, 3.63) is 34.9 Å². The van der Waals surface area contributed by atoms with Gasteiger partial charge in [-0.25, -0.2) is 0 Å². The maximum atomic E-state index is 8.73. The van der Waals surface area contributed by atoms with E-state index in [-0.39, 0.29) is 5.84 Å². The quantitative estimate of drug-likeness (QED) is 0.379. The minimum atomic E-state index is 0.167. The molecule has 0 unspecified atom stereocenters. The van der Waals surface area contributed by atoms with Crippen LogP contribution in [0.4, 0.5) is 0 Å². The summed E-state index contributed by atoms with van der Waals surface area (Å²) in [6, 6.07) is 5.99. The summed E-state index contributed by atoms with van der Waals surface area (Å²) in [6.45, 7) is 4.22. The van der Waals surface area contributed by atoms with E-state index in [2.05, 4.69) is 30.1 Å². The number of rotatable bonds is 5. The molecular weight excluding hydrogens is 262 g/mol. The van der Waals surface area contributed by atoms with Gasteiger partial charge in [-0.05, 0) is 49.9 Å². The van der Waals surface area contributed by atoms with Gasteiger partial charge in [-0.3, -0.25) is 0 Å². The fraction of sp³-hybridized carbons (Fsp3) is 0.588. The van der Waals surface area contributed by atoms with Crippen LogP contribution in [0.25, 0.3) is 0 Å². The van der Waals surface area contributed by atoms with Crippen molar-refractivity contribution in [2.45, 2.75) is 45.6 Å². The molecule has 1 fully saturated rings. The van der Waals surface area contributed by atoms with Crippen LogP contribution in [0.3, 0.4) is 0 Å². The second-order valence-corrected chi connectivity index (χ2v) is 6.33. The molecule has 2 rings (SSSR count). The van der Waals surface area contributed by atoms with Gasteiger partial charge in [0, 0.05) is 18.7 Å². The lowest BCUT2D eigenvalue weighted by atomic mass is 9.89. The molecule has 0 spiro atoms. The number of oxime groups is 1. The van der Waals surface area contributed by atoms with Gasteiger partial charge in [-0.15, -0.1) is 0 Å². The van der Waals surface area contributed by atoms with Gasteiger partial charge >= 0.3 is 0 Å². The van der Waals surface area contributed by atoms with Crippen molar-refractivity contribution in [3.8, 4) is 0 Å². The Hall–Kier alpha value is -1.55. The largest absolute Gasteiger partial charge is 0.409 e. The molecule has 1 aromatic rings. The van der Waals surface area contributed by atoms with Crippen molar-refractivity contribution in [1.82, 2.24) is 4.90 Å². The molecular formula is C17H27N3O. The van der Waals surface area contributed by atoms with Crippen LogP contribution in [0.5, 0.6) is 0 Å². The van der Waals surface area contributed by atoms with Crippen LogP contribution in [0.15, 0.2) is 23.4 Å². The molecule has 4 heteroatoms. The Kier molecular flexibility index (Phi) is 5.62. The number of hydrogen-bond donors (Lipinski definition) is 2. The van der Waals surface area contributed by atoms with Gasteiger partial charge < -0.3 is 15.8 Å². The SMILES string of the molecule is Cc1cc(/C(N)=N/O)ccc1CN(C)CC1CCCCC1. The van der Waals surface area contributed by atoms with Crippen LogP contribution in [0.2, 0.25) is 0 Å². The molecule has 3 N–H and O–H groups in total. The first-order valence-corrected chi connectivity index (χ1v) is 7.86. The first kappa shape index (κ1) is 15.8. The molecule has 1 aliphatic rings. The van der Waals surface area contributed by atoms with E-state index in [1.807, 2.05) is 12.1 Å². The molecule has 0 aliphatic heterocycles. The van der Waals surface area contributed by atoms with Crippen molar-refractivity contribution in [2.24, 2.45) is 16.8 Å². The molecule has 0 atom stereocenters. The lowest BCUT2D eigenvalue weighted by Crippen LogP contribution is -2.27. The standard InChI is InChI=1S/C17H27N3O/c1-13-10-15(17(18)19-21)8-9-16(13)12-20(2)11-14-6-4-3-5-7-14/h8-10,14,21H,3-7,11-12H2,1-2H3,(H2,18,19). The van der Waals surface area contributed by atoms with Gasteiger partial charge in [0.25, 0.3) is 0 Å². The zero-order valence-corrected chi connectivity index (χ0v) is 13.2. The highest BCUT2D eigenvalue weighted by atomic mass is 16.4. The van der Waals surface area contributed by atoms with Crippen LogP contribution >= 0.6 is 0 Å². The van der Waals surface area contributed by atoms with E-state index in [0.29, 0.717) is 0 Å². The van der Waals surface area contributed by atoms with Gasteiger partial charge in [0.1, 0.15) is 0 Å². The van der Waals surface area contributed by atoms with Gasteiger partial charge in [-0.2, -0.15) is 0 Å². The molecule has 4 nitrogen and oxygen atoms in total. The normalized spacial score (nSPS) is 17.4. The highest BCUT2D eigenvalue weighted by Crippen LogP contribution is 2.24. The van der Waals surface area contributed by atoms with Crippen molar-refractivity contribution < 1.29 is 5.21 Å². The van der Waals surface area contributed by atoms with Gasteiger partial charge in [-0.1, -0.05) is 36.6 Å². The minimum Gasteiger partial charge on any atom is -0.409 e. The second-order valence-electron chi connectivity index (χ2n) is 6.33. The number of benzene rings is 1. The average Bonchev–Trinajstić information content (AvgIpc) is 2.49. The van der Waals surface area contributed by atoms with Crippen molar-refractivity contribution in [1.29, 1.82) is 0 Å². The maximum Gasteiger partial charge on any atom is 0.170 e. The molecule has 0 amide bonds. The van der Waals surface area contributed by atoms with Gasteiger partial charge in [0.15, 0.2) is 5.84 Å². The summed E-state index contributed by atoms with van der Waals surface area (Å²) in [5.74, 6) is 1.03. The summed E-state index contributed by atoms with van der Waals surface area (Å²) in [7, 11) is 2.20. The zero-order valence-electron chi connectivity index (χ0n) is 13.2. The summed E-state index contributed by atoms with van der Waals surface area (Å²) < 4.78 is 0. The van der Waals surface area contributed by atoms with E-state index in [9.17, 15) is 0 Å². The first-order chi connectivity index (χ1) is 10.1. The summed E-state index contributed by atoms with van der Waals surface area (Å²) >= 11 is 0. The van der Waals surface area contributed by atoms with Gasteiger partial charge in [0.05, 0.1) is 0 Å². The fourth-order valence-corrected chi connectivity index (χ4v) is 3.26. The Bertz CT molecular complexity index is 493. The van der Waals surface area contributed by atoms with E-state index in [0.717, 1.165) is 18.0 Å². The van der Waals surface area contributed by atoms with Crippen LogP contribution in [0.1, 0.15) is 48.8 Å². The molecule has 116 valence electrons. The zero-order chi connectivity index (χ0) is 15.2. The maximum absolute atomic E-state index is 8.73. The smallest absolute Gasteiger partial charge is 0.170 e. The molecule has 0 heterocycles. The predicted octanol–water partition coefficient (Wildman–Crippen LogP) is 3.10. The van der Waals surface area contributed by atoms with E-state index >= 15 is 0 Å². The van der Waals surface area contributed by atoms with E-state index in [1.54, 1.807) is 0 Å². The molecule has 1 aliphatic carbocycles. The summed E-state index contributed by atoms with van der Waals surface area (Å²) in [5, 5.41) is 11.8. The van der Waals surface area contributed by atoms with Crippen LogP contribution in [-0.4, -0.2) is 29.5 Å². The topological polar surface area (TPSA) is 61.9 Å². The van der Waals surface area contributed by atoms with E-state index in [1.165, 1.54) is 49.8 Å². The van der Waals surface area contributed by atoms with Crippen LogP contribution in [0, 0.1) is 12.8 Å². The predicted molar refractivity (Wildman–Crippen MR) is 86.6 cm³/mol. The minimum absolute atomic E-state index is 0.167. The Morgan fingerprint density at radius 2 is 2.05 bits per heavy atom. The Morgan fingerprint density at radius 1 is 1.33 bits per heavy atom. The second kappa shape index (κ2) is 7.46. The third kappa shape index (κ3) is 4.46. The number of nitrogens with zero attached hydrogens (tertiary/aromatic N) is 2. The molecule has 21 heavy (non-hydrogen) atoms. The Morgan fingerprint density at radius 3 is 2.67 bits per heavy atom.